The molecule has 2 aromatic carbocycles. The Bertz CT molecular complexity index is 1010. The van der Waals surface area contributed by atoms with Gasteiger partial charge in [-0.1, -0.05) is 34.1 Å². The van der Waals surface area contributed by atoms with Crippen molar-refractivity contribution in [2.24, 2.45) is 0 Å². The summed E-state index contributed by atoms with van der Waals surface area (Å²) in [4.78, 5) is 25.1. The van der Waals surface area contributed by atoms with Gasteiger partial charge in [0.05, 0.1) is 20.1 Å². The van der Waals surface area contributed by atoms with E-state index in [1.807, 2.05) is 6.92 Å². The zero-order valence-electron chi connectivity index (χ0n) is 16.1. The minimum absolute atomic E-state index is 0.350. The molecule has 0 bridgehead atoms. The number of ether oxygens (including phenoxy) is 2. The van der Waals surface area contributed by atoms with Gasteiger partial charge in [0.1, 0.15) is 0 Å². The Kier molecular flexibility index (Phi) is 4.74. The molecule has 2 aromatic rings. The van der Waals surface area contributed by atoms with Crippen LogP contribution in [0.15, 0.2) is 40.9 Å². The van der Waals surface area contributed by atoms with Crippen LogP contribution in [0.4, 0.5) is 5.69 Å². The van der Waals surface area contributed by atoms with Crippen LogP contribution in [0, 0.1) is 10.1 Å². The van der Waals surface area contributed by atoms with Crippen LogP contribution in [0.2, 0.25) is 0 Å². The summed E-state index contributed by atoms with van der Waals surface area (Å²) < 4.78 is 11.4. The Morgan fingerprint density at radius 1 is 1.17 bits per heavy atom. The molecular formula is C20H20BrN3O5. The van der Waals surface area contributed by atoms with E-state index in [2.05, 4.69) is 26.6 Å². The molecule has 0 unspecified atom stereocenters. The van der Waals surface area contributed by atoms with E-state index in [1.165, 1.54) is 14.2 Å². The molecule has 1 saturated heterocycles. The lowest BCUT2D eigenvalue weighted by atomic mass is 9.78. The zero-order valence-corrected chi connectivity index (χ0v) is 17.6. The average Bonchev–Trinajstić information content (AvgIpc) is 3.16. The molecule has 4 rings (SSSR count). The van der Waals surface area contributed by atoms with Crippen LogP contribution in [0.25, 0.3) is 0 Å². The quantitative estimate of drug-likeness (QED) is 0.535. The minimum Gasteiger partial charge on any atom is -0.493 e. The monoisotopic (exact) mass is 461 g/mol. The Morgan fingerprint density at radius 2 is 1.83 bits per heavy atom. The Hall–Kier alpha value is -2.65. The lowest BCUT2D eigenvalue weighted by molar-refractivity contribution is -0.532. The molecule has 0 aliphatic carbocycles. The Morgan fingerprint density at radius 3 is 2.48 bits per heavy atom. The van der Waals surface area contributed by atoms with E-state index >= 15 is 0 Å². The number of hydrogen-bond acceptors (Lipinski definition) is 6. The number of benzene rings is 2. The molecule has 2 aliphatic heterocycles. The second-order valence-electron chi connectivity index (χ2n) is 7.23. The molecule has 1 spiro atoms. The Balaban J connectivity index is 1.91. The minimum atomic E-state index is -1.45. The maximum atomic E-state index is 13.1. The molecule has 1 fully saturated rings. The van der Waals surface area contributed by atoms with Crippen molar-refractivity contribution in [1.29, 1.82) is 0 Å². The number of nitrogens with zero attached hydrogens (tertiary/aromatic N) is 1. The van der Waals surface area contributed by atoms with Gasteiger partial charge < -0.3 is 14.8 Å². The van der Waals surface area contributed by atoms with Gasteiger partial charge in [-0.3, -0.25) is 20.2 Å². The molecule has 2 aliphatic rings. The SMILES string of the molecule is COc1cc(Br)c([C@@H]2[C@H](C)N[C@@]3(C(=O)Nc4ccccc43)[C@@H]2[N+](=O)[O-])cc1OC. The van der Waals surface area contributed by atoms with E-state index in [-0.39, 0.29) is 11.0 Å². The third-order valence-electron chi connectivity index (χ3n) is 5.83. The number of halogens is 1. The number of rotatable bonds is 4. The molecule has 0 radical (unpaired) electrons. The van der Waals surface area contributed by atoms with E-state index in [0.717, 1.165) is 0 Å². The van der Waals surface area contributed by atoms with Gasteiger partial charge >= 0.3 is 0 Å². The van der Waals surface area contributed by atoms with Crippen molar-refractivity contribution in [1.82, 2.24) is 5.32 Å². The van der Waals surface area contributed by atoms with Crippen molar-refractivity contribution in [3.63, 3.8) is 0 Å². The number of hydrogen-bond donors (Lipinski definition) is 2. The van der Waals surface area contributed by atoms with Gasteiger partial charge in [-0.05, 0) is 30.7 Å². The van der Waals surface area contributed by atoms with Crippen molar-refractivity contribution < 1.29 is 19.2 Å². The van der Waals surface area contributed by atoms with Crippen LogP contribution in [0.5, 0.6) is 11.5 Å². The van der Waals surface area contributed by atoms with Gasteiger partial charge in [-0.15, -0.1) is 0 Å². The van der Waals surface area contributed by atoms with E-state index in [0.29, 0.717) is 32.8 Å². The van der Waals surface area contributed by atoms with Crippen molar-refractivity contribution in [2.45, 2.75) is 30.5 Å². The van der Waals surface area contributed by atoms with Gasteiger partial charge in [0.25, 0.3) is 11.9 Å². The number of amides is 1. The number of carbonyl (C=O) groups is 1. The van der Waals surface area contributed by atoms with Crippen LogP contribution in [0.1, 0.15) is 24.0 Å². The van der Waals surface area contributed by atoms with E-state index < -0.39 is 23.4 Å². The first-order chi connectivity index (χ1) is 13.8. The van der Waals surface area contributed by atoms with Crippen LogP contribution in [0.3, 0.4) is 0 Å². The number of nitrogens with one attached hydrogen (secondary N) is 2. The van der Waals surface area contributed by atoms with Crippen molar-refractivity contribution in [3.8, 4) is 11.5 Å². The summed E-state index contributed by atoms with van der Waals surface area (Å²) in [5, 5.41) is 18.4. The first-order valence-electron chi connectivity index (χ1n) is 9.08. The summed E-state index contributed by atoms with van der Waals surface area (Å²) in [6, 6.07) is 8.99. The molecule has 2 N–H and O–H groups in total. The third kappa shape index (κ3) is 2.71. The van der Waals surface area contributed by atoms with Crippen LogP contribution >= 0.6 is 15.9 Å². The van der Waals surface area contributed by atoms with Crippen LogP contribution in [-0.2, 0) is 10.3 Å². The summed E-state index contributed by atoms with van der Waals surface area (Å²) in [5.74, 6) is -0.0160. The summed E-state index contributed by atoms with van der Waals surface area (Å²) in [6.45, 7) is 1.85. The topological polar surface area (TPSA) is 103 Å². The van der Waals surface area contributed by atoms with Gasteiger partial charge in [-0.25, -0.2) is 0 Å². The van der Waals surface area contributed by atoms with Crippen molar-refractivity contribution >= 4 is 27.5 Å². The fourth-order valence-electron chi connectivity index (χ4n) is 4.65. The maximum absolute atomic E-state index is 13.1. The number of nitro groups is 1. The average molecular weight is 462 g/mol. The highest BCUT2D eigenvalue weighted by molar-refractivity contribution is 9.10. The van der Waals surface area contributed by atoms with E-state index in [9.17, 15) is 14.9 Å². The molecule has 4 atom stereocenters. The van der Waals surface area contributed by atoms with E-state index in [1.54, 1.807) is 36.4 Å². The van der Waals surface area contributed by atoms with Gasteiger partial charge in [0, 0.05) is 26.7 Å². The summed E-state index contributed by atoms with van der Waals surface area (Å²) >= 11 is 3.52. The smallest absolute Gasteiger partial charge is 0.256 e. The number of anilines is 1. The normalized spacial score (nSPS) is 27.6. The highest BCUT2D eigenvalue weighted by Crippen LogP contribution is 2.51. The number of carbonyl (C=O) groups excluding carboxylic acids is 1. The number of methoxy groups -OCH3 is 2. The molecule has 152 valence electrons. The highest BCUT2D eigenvalue weighted by atomic mass is 79.9. The lowest BCUT2D eigenvalue weighted by Crippen LogP contribution is -2.54. The zero-order chi connectivity index (χ0) is 20.9. The number of para-hydroxylation sites is 1. The highest BCUT2D eigenvalue weighted by Gasteiger charge is 2.67. The predicted octanol–water partition coefficient (Wildman–Crippen LogP) is 3.03. The van der Waals surface area contributed by atoms with E-state index in [4.69, 9.17) is 9.47 Å². The molecule has 0 aromatic heterocycles. The first kappa shape index (κ1) is 19.7. The van der Waals surface area contributed by atoms with Crippen LogP contribution in [-0.4, -0.2) is 37.1 Å². The Labute approximate surface area is 175 Å². The van der Waals surface area contributed by atoms with Gasteiger partial charge in [-0.2, -0.15) is 0 Å². The molecule has 8 nitrogen and oxygen atoms in total. The van der Waals surface area contributed by atoms with Gasteiger partial charge in [0.15, 0.2) is 17.0 Å². The second-order valence-corrected chi connectivity index (χ2v) is 8.08. The standard InChI is InChI=1S/C20H20BrN3O5/c1-10-17(11-8-15(28-2)16(29-3)9-13(11)21)18(24(26)27)20(23-10)12-6-4-5-7-14(12)22-19(20)25/h4-10,17-18,23H,1-3H3,(H,22,25)/t10-,17-,18+,20+/m0/s1. The molecule has 0 saturated carbocycles. The summed E-state index contributed by atoms with van der Waals surface area (Å²) in [5.41, 5.74) is 0.420. The molecule has 9 heteroatoms. The first-order valence-corrected chi connectivity index (χ1v) is 9.88. The second kappa shape index (κ2) is 7.00. The fraction of sp³-hybridized carbons (Fsp3) is 0.350. The van der Waals surface area contributed by atoms with Crippen LogP contribution < -0.4 is 20.1 Å². The number of fused-ring (bicyclic) bond motifs is 2. The molecule has 29 heavy (non-hydrogen) atoms. The molecular weight excluding hydrogens is 442 g/mol. The summed E-state index contributed by atoms with van der Waals surface area (Å²) in [7, 11) is 3.04. The maximum Gasteiger partial charge on any atom is 0.256 e. The van der Waals surface area contributed by atoms with Crippen molar-refractivity contribution in [2.75, 3.05) is 19.5 Å². The lowest BCUT2D eigenvalue weighted by Gasteiger charge is -2.26. The molecule has 1 amide bonds. The fourth-order valence-corrected chi connectivity index (χ4v) is 5.23. The predicted molar refractivity (Wildman–Crippen MR) is 110 cm³/mol. The van der Waals surface area contributed by atoms with Gasteiger partial charge in [0.2, 0.25) is 0 Å². The third-order valence-corrected chi connectivity index (χ3v) is 6.51. The molecule has 2 heterocycles. The van der Waals surface area contributed by atoms with Crippen molar-refractivity contribution in [3.05, 3.63) is 62.1 Å². The summed E-state index contributed by atoms with van der Waals surface area (Å²) in [6.07, 6.45) is 0. The largest absolute Gasteiger partial charge is 0.493 e.